The number of rotatable bonds is 6. The zero-order chi connectivity index (χ0) is 22.7. The lowest BCUT2D eigenvalue weighted by Crippen LogP contribution is -2.16. The van der Waals surface area contributed by atoms with Gasteiger partial charge in [-0.1, -0.05) is 0 Å². The molecule has 4 rings (SSSR count). The lowest BCUT2D eigenvalue weighted by atomic mass is 10.2. The Morgan fingerprint density at radius 2 is 1.69 bits per heavy atom. The van der Waals surface area contributed by atoms with E-state index in [1.54, 1.807) is 25.3 Å². The summed E-state index contributed by atoms with van der Waals surface area (Å²) in [5.41, 5.74) is 3.60. The van der Waals surface area contributed by atoms with Gasteiger partial charge >= 0.3 is 0 Å². The molecule has 7 nitrogen and oxygen atoms in total. The summed E-state index contributed by atoms with van der Waals surface area (Å²) in [6.07, 6.45) is 3.45. The Kier molecular flexibility index (Phi) is 6.57. The van der Waals surface area contributed by atoms with Crippen LogP contribution in [-0.2, 0) is 0 Å². The molecule has 0 fully saturated rings. The lowest BCUT2D eigenvalue weighted by Gasteiger charge is -2.12. The number of amides is 1. The number of hydrogen-bond acceptors (Lipinski definition) is 8. The Balaban J connectivity index is 1.51. The van der Waals surface area contributed by atoms with Crippen molar-refractivity contribution in [2.45, 2.75) is 35.8 Å². The van der Waals surface area contributed by atoms with Crippen LogP contribution in [0.25, 0.3) is 11.6 Å². The van der Waals surface area contributed by atoms with Crippen molar-refractivity contribution in [2.24, 2.45) is 0 Å². The second kappa shape index (κ2) is 9.54. The first-order valence-electron chi connectivity index (χ1n) is 9.81. The number of aryl methyl sites for hydroxylation is 3. The van der Waals surface area contributed by atoms with Crippen LogP contribution in [0.4, 0.5) is 5.69 Å². The molecule has 4 aromatic rings. The van der Waals surface area contributed by atoms with Crippen LogP contribution in [0, 0.1) is 20.8 Å². The number of thioether (sulfide) groups is 1. The first kappa shape index (κ1) is 22.0. The highest BCUT2D eigenvalue weighted by molar-refractivity contribution is 7.99. The molecule has 0 aliphatic heterocycles. The standard InChI is InChI=1S/C23H21N5O2S2/c1-13-12-14(2)25-23(24-13)32-17-9-7-16(8-10-17)27-21(29)19-15(3)26-20(28-22(19)31-4)18-6-5-11-30-18/h5-12H,1-4H3,(H,27,29). The maximum Gasteiger partial charge on any atom is 0.260 e. The van der Waals surface area contributed by atoms with Gasteiger partial charge < -0.3 is 9.73 Å². The molecule has 0 aliphatic carbocycles. The molecular formula is C23H21N5O2S2. The molecule has 32 heavy (non-hydrogen) atoms. The molecule has 3 heterocycles. The largest absolute Gasteiger partial charge is 0.461 e. The van der Waals surface area contributed by atoms with E-state index in [0.717, 1.165) is 16.3 Å². The summed E-state index contributed by atoms with van der Waals surface area (Å²) in [5, 5.41) is 4.24. The summed E-state index contributed by atoms with van der Waals surface area (Å²) in [6, 6.07) is 13.1. The first-order chi connectivity index (χ1) is 15.4. The summed E-state index contributed by atoms with van der Waals surface area (Å²) in [5.74, 6) is 0.774. The summed E-state index contributed by atoms with van der Waals surface area (Å²) >= 11 is 2.88. The Morgan fingerprint density at radius 1 is 0.969 bits per heavy atom. The minimum absolute atomic E-state index is 0.254. The molecule has 0 atom stereocenters. The average molecular weight is 464 g/mol. The summed E-state index contributed by atoms with van der Waals surface area (Å²) in [7, 11) is 0. The Bertz CT molecular complexity index is 1240. The minimum atomic E-state index is -0.254. The number of nitrogens with zero attached hydrogens (tertiary/aromatic N) is 4. The van der Waals surface area contributed by atoms with Gasteiger partial charge in [0.15, 0.2) is 16.7 Å². The number of benzene rings is 1. The molecule has 1 amide bonds. The van der Waals surface area contributed by atoms with E-state index >= 15 is 0 Å². The molecule has 1 N–H and O–H groups in total. The third-order valence-electron chi connectivity index (χ3n) is 4.50. The molecule has 0 saturated carbocycles. The van der Waals surface area contributed by atoms with Crippen LogP contribution in [0.5, 0.6) is 0 Å². The van der Waals surface area contributed by atoms with E-state index < -0.39 is 0 Å². The number of anilines is 1. The van der Waals surface area contributed by atoms with Crippen molar-refractivity contribution in [1.82, 2.24) is 19.9 Å². The predicted molar refractivity (Wildman–Crippen MR) is 126 cm³/mol. The molecule has 0 radical (unpaired) electrons. The maximum atomic E-state index is 13.0. The predicted octanol–water partition coefficient (Wildman–Crippen LogP) is 5.58. The van der Waals surface area contributed by atoms with Crippen LogP contribution < -0.4 is 5.32 Å². The van der Waals surface area contributed by atoms with Gasteiger partial charge in [-0.15, -0.1) is 11.8 Å². The molecule has 0 saturated heterocycles. The van der Waals surface area contributed by atoms with Crippen molar-refractivity contribution in [3.63, 3.8) is 0 Å². The van der Waals surface area contributed by atoms with Gasteiger partial charge in [0.25, 0.3) is 5.91 Å². The highest BCUT2D eigenvalue weighted by atomic mass is 32.2. The van der Waals surface area contributed by atoms with Crippen LogP contribution >= 0.6 is 23.5 Å². The van der Waals surface area contributed by atoms with E-state index in [0.29, 0.717) is 38.7 Å². The van der Waals surface area contributed by atoms with Crippen LogP contribution in [0.2, 0.25) is 0 Å². The van der Waals surface area contributed by atoms with Crippen molar-refractivity contribution >= 4 is 35.1 Å². The first-order valence-corrected chi connectivity index (χ1v) is 11.8. The third kappa shape index (κ3) is 5.00. The van der Waals surface area contributed by atoms with Crippen LogP contribution in [0.3, 0.4) is 0 Å². The number of nitrogens with one attached hydrogen (secondary N) is 1. The number of aromatic nitrogens is 4. The Hall–Kier alpha value is -3.17. The van der Waals surface area contributed by atoms with Gasteiger partial charge in [0, 0.05) is 22.0 Å². The van der Waals surface area contributed by atoms with E-state index in [2.05, 4.69) is 25.3 Å². The van der Waals surface area contributed by atoms with Gasteiger partial charge in [0.2, 0.25) is 0 Å². The molecule has 9 heteroatoms. The molecular weight excluding hydrogens is 442 g/mol. The molecule has 0 spiro atoms. The minimum Gasteiger partial charge on any atom is -0.461 e. The fraction of sp³-hybridized carbons (Fsp3) is 0.174. The van der Waals surface area contributed by atoms with Crippen molar-refractivity contribution in [1.29, 1.82) is 0 Å². The SMILES string of the molecule is CSc1nc(-c2ccco2)nc(C)c1C(=O)Nc1ccc(Sc2nc(C)cc(C)n2)cc1. The van der Waals surface area contributed by atoms with Crippen molar-refractivity contribution in [3.05, 3.63) is 71.4 Å². The average Bonchev–Trinajstić information content (AvgIpc) is 3.28. The van der Waals surface area contributed by atoms with Crippen LogP contribution in [0.15, 0.2) is 68.2 Å². The van der Waals surface area contributed by atoms with Gasteiger partial charge in [-0.3, -0.25) is 4.79 Å². The van der Waals surface area contributed by atoms with Crippen molar-refractivity contribution < 1.29 is 9.21 Å². The van der Waals surface area contributed by atoms with Gasteiger partial charge in [-0.25, -0.2) is 19.9 Å². The maximum absolute atomic E-state index is 13.0. The highest BCUT2D eigenvalue weighted by Crippen LogP contribution is 2.28. The third-order valence-corrected chi connectivity index (χ3v) is 6.06. The number of carbonyl (C=O) groups is 1. The van der Waals surface area contributed by atoms with Gasteiger partial charge in [0.1, 0.15) is 5.03 Å². The summed E-state index contributed by atoms with van der Waals surface area (Å²) in [4.78, 5) is 31.9. The lowest BCUT2D eigenvalue weighted by molar-refractivity contribution is 0.102. The fourth-order valence-corrected chi connectivity index (χ4v) is 4.60. The number of furan rings is 1. The summed E-state index contributed by atoms with van der Waals surface area (Å²) < 4.78 is 5.39. The van der Waals surface area contributed by atoms with Gasteiger partial charge in [-0.2, -0.15) is 0 Å². The topological polar surface area (TPSA) is 93.8 Å². The molecule has 1 aromatic carbocycles. The second-order valence-corrected chi connectivity index (χ2v) is 8.84. The van der Waals surface area contributed by atoms with Crippen molar-refractivity contribution in [3.8, 4) is 11.6 Å². The smallest absolute Gasteiger partial charge is 0.260 e. The van der Waals surface area contributed by atoms with Gasteiger partial charge in [0.05, 0.1) is 17.5 Å². The molecule has 3 aromatic heterocycles. The van der Waals surface area contributed by atoms with Crippen LogP contribution in [0.1, 0.15) is 27.4 Å². The van der Waals surface area contributed by atoms with Gasteiger partial charge in [-0.05, 0) is 81.3 Å². The van der Waals surface area contributed by atoms with E-state index in [-0.39, 0.29) is 5.91 Å². The van der Waals surface area contributed by atoms with E-state index in [1.807, 2.05) is 50.4 Å². The quantitative estimate of drug-likeness (QED) is 0.225. The normalized spacial score (nSPS) is 10.9. The Labute approximate surface area is 194 Å². The molecule has 162 valence electrons. The molecule has 0 bridgehead atoms. The van der Waals surface area contributed by atoms with E-state index in [9.17, 15) is 4.79 Å². The zero-order valence-corrected chi connectivity index (χ0v) is 19.7. The van der Waals surface area contributed by atoms with Crippen molar-refractivity contribution in [2.75, 3.05) is 11.6 Å². The number of hydrogen-bond donors (Lipinski definition) is 1. The van der Waals surface area contributed by atoms with E-state index in [4.69, 9.17) is 4.42 Å². The Morgan fingerprint density at radius 3 is 2.31 bits per heavy atom. The highest BCUT2D eigenvalue weighted by Gasteiger charge is 2.20. The summed E-state index contributed by atoms with van der Waals surface area (Å²) in [6.45, 7) is 5.70. The zero-order valence-electron chi connectivity index (χ0n) is 18.0. The van der Waals surface area contributed by atoms with Crippen LogP contribution in [-0.4, -0.2) is 32.1 Å². The second-order valence-electron chi connectivity index (χ2n) is 7.01. The number of carbonyl (C=O) groups excluding carboxylic acids is 1. The molecule has 0 unspecified atom stereocenters. The fourth-order valence-electron chi connectivity index (χ4n) is 3.12. The molecule has 0 aliphatic rings. The van der Waals surface area contributed by atoms with E-state index in [1.165, 1.54) is 23.5 Å². The monoisotopic (exact) mass is 463 g/mol.